The number of benzene rings is 1. The lowest BCUT2D eigenvalue weighted by Gasteiger charge is -2.29. The molecule has 1 aliphatic heterocycles. The number of hydrogen-bond acceptors (Lipinski definition) is 4. The molecule has 0 radical (unpaired) electrons. The van der Waals surface area contributed by atoms with Gasteiger partial charge in [-0.15, -0.1) is 11.3 Å². The highest BCUT2D eigenvalue weighted by Crippen LogP contribution is 2.22. The minimum Gasteiger partial charge on any atom is -0.334 e. The van der Waals surface area contributed by atoms with Crippen molar-refractivity contribution in [2.75, 3.05) is 38.5 Å². The standard InChI is InChI=1S/C16H20N4OS/c1-12-3-5-13(6-4-12)17-16-18-14(11-22-16)15(21)20-9-7-19(2)8-10-20/h3-6,11H,7-10H2,1-2H3,(H,17,18)/p+1. The Labute approximate surface area is 134 Å². The predicted octanol–water partition coefficient (Wildman–Crippen LogP) is 1.17. The quantitative estimate of drug-likeness (QED) is 0.893. The summed E-state index contributed by atoms with van der Waals surface area (Å²) in [6.07, 6.45) is 0. The number of hydrogen-bond donors (Lipinski definition) is 2. The summed E-state index contributed by atoms with van der Waals surface area (Å²) in [6.45, 7) is 5.68. The number of anilines is 2. The lowest BCUT2D eigenvalue weighted by atomic mass is 10.2. The molecule has 1 aromatic heterocycles. The zero-order valence-electron chi connectivity index (χ0n) is 12.9. The van der Waals surface area contributed by atoms with Crippen LogP contribution >= 0.6 is 11.3 Å². The van der Waals surface area contributed by atoms with Gasteiger partial charge >= 0.3 is 0 Å². The summed E-state index contributed by atoms with van der Waals surface area (Å²) in [4.78, 5) is 20.3. The minimum absolute atomic E-state index is 0.0423. The van der Waals surface area contributed by atoms with Crippen LogP contribution in [0.25, 0.3) is 0 Å². The number of piperazine rings is 1. The van der Waals surface area contributed by atoms with E-state index in [9.17, 15) is 4.79 Å². The number of aryl methyl sites for hydroxylation is 1. The SMILES string of the molecule is Cc1ccc(Nc2nc(C(=O)N3CC[NH+](C)CC3)cs2)cc1. The summed E-state index contributed by atoms with van der Waals surface area (Å²) < 4.78 is 0. The van der Waals surface area contributed by atoms with Crippen LogP contribution < -0.4 is 10.2 Å². The molecule has 1 fully saturated rings. The second kappa shape index (κ2) is 6.46. The number of aromatic nitrogens is 1. The summed E-state index contributed by atoms with van der Waals surface area (Å²) in [5.41, 5.74) is 2.75. The molecule has 5 nitrogen and oxygen atoms in total. The molecule has 0 bridgehead atoms. The van der Waals surface area contributed by atoms with E-state index in [4.69, 9.17) is 0 Å². The van der Waals surface area contributed by atoms with Crippen molar-refractivity contribution in [3.63, 3.8) is 0 Å². The van der Waals surface area contributed by atoms with Crippen LogP contribution in [-0.2, 0) is 0 Å². The predicted molar refractivity (Wildman–Crippen MR) is 89.1 cm³/mol. The molecule has 1 saturated heterocycles. The van der Waals surface area contributed by atoms with Crippen molar-refractivity contribution in [3.8, 4) is 0 Å². The van der Waals surface area contributed by atoms with Gasteiger partial charge in [-0.3, -0.25) is 4.79 Å². The van der Waals surface area contributed by atoms with Gasteiger partial charge in [0.1, 0.15) is 5.69 Å². The average Bonchev–Trinajstić information content (AvgIpc) is 2.98. The van der Waals surface area contributed by atoms with Gasteiger partial charge in [0.2, 0.25) is 0 Å². The van der Waals surface area contributed by atoms with Crippen LogP contribution in [0.2, 0.25) is 0 Å². The van der Waals surface area contributed by atoms with Crippen molar-refractivity contribution >= 4 is 28.1 Å². The molecule has 2 heterocycles. The third kappa shape index (κ3) is 3.45. The van der Waals surface area contributed by atoms with Gasteiger partial charge in [-0.05, 0) is 19.1 Å². The van der Waals surface area contributed by atoms with Crippen molar-refractivity contribution in [2.24, 2.45) is 0 Å². The van der Waals surface area contributed by atoms with E-state index in [1.807, 2.05) is 22.4 Å². The van der Waals surface area contributed by atoms with Crippen LogP contribution in [0.5, 0.6) is 0 Å². The molecule has 1 amide bonds. The topological polar surface area (TPSA) is 49.7 Å². The first kappa shape index (κ1) is 15.0. The third-order valence-corrected chi connectivity index (χ3v) is 4.69. The number of nitrogens with zero attached hydrogens (tertiary/aromatic N) is 2. The van der Waals surface area contributed by atoms with Crippen molar-refractivity contribution < 1.29 is 9.69 Å². The van der Waals surface area contributed by atoms with Crippen molar-refractivity contribution in [2.45, 2.75) is 6.92 Å². The molecule has 116 valence electrons. The Morgan fingerprint density at radius 3 is 2.64 bits per heavy atom. The van der Waals surface area contributed by atoms with Gasteiger partial charge in [0, 0.05) is 11.1 Å². The fraction of sp³-hybridized carbons (Fsp3) is 0.375. The molecule has 0 saturated carbocycles. The number of carbonyl (C=O) groups excluding carboxylic acids is 1. The Morgan fingerprint density at radius 1 is 1.27 bits per heavy atom. The molecular weight excluding hydrogens is 296 g/mol. The lowest BCUT2D eigenvalue weighted by molar-refractivity contribution is -0.883. The van der Waals surface area contributed by atoms with Crippen molar-refractivity contribution in [1.29, 1.82) is 0 Å². The van der Waals surface area contributed by atoms with E-state index in [0.717, 1.165) is 37.0 Å². The van der Waals surface area contributed by atoms with Gasteiger partial charge in [0.05, 0.1) is 33.2 Å². The van der Waals surface area contributed by atoms with Gasteiger partial charge < -0.3 is 15.1 Å². The molecule has 0 atom stereocenters. The van der Waals surface area contributed by atoms with Crippen LogP contribution in [0.15, 0.2) is 29.6 Å². The normalized spacial score (nSPS) is 15.8. The molecule has 3 rings (SSSR count). The van der Waals surface area contributed by atoms with Crippen LogP contribution in [-0.4, -0.2) is 49.0 Å². The Hall–Kier alpha value is -1.92. The van der Waals surface area contributed by atoms with E-state index in [1.54, 1.807) is 0 Å². The van der Waals surface area contributed by atoms with Gasteiger partial charge in [-0.1, -0.05) is 17.7 Å². The minimum atomic E-state index is 0.0423. The van der Waals surface area contributed by atoms with Crippen molar-refractivity contribution in [3.05, 3.63) is 40.9 Å². The fourth-order valence-corrected chi connectivity index (χ4v) is 3.15. The molecule has 2 aromatic rings. The molecule has 1 aromatic carbocycles. The van der Waals surface area contributed by atoms with Gasteiger partial charge in [0.15, 0.2) is 5.13 Å². The first-order valence-corrected chi connectivity index (χ1v) is 8.39. The Kier molecular flexibility index (Phi) is 4.40. The summed E-state index contributed by atoms with van der Waals surface area (Å²) in [6, 6.07) is 8.13. The number of nitrogens with one attached hydrogen (secondary N) is 2. The van der Waals surface area contributed by atoms with Crippen LogP contribution in [0.3, 0.4) is 0 Å². The Bertz CT molecular complexity index is 644. The smallest absolute Gasteiger partial charge is 0.273 e. The molecule has 6 heteroatoms. The summed E-state index contributed by atoms with van der Waals surface area (Å²) in [5.74, 6) is 0.0423. The Morgan fingerprint density at radius 2 is 1.95 bits per heavy atom. The number of likely N-dealkylation sites (N-methyl/N-ethyl adjacent to an activating group) is 1. The molecule has 0 aliphatic carbocycles. The fourth-order valence-electron chi connectivity index (χ4n) is 2.44. The molecule has 2 N–H and O–H groups in total. The maximum atomic E-state index is 12.4. The molecule has 22 heavy (non-hydrogen) atoms. The Balaban J connectivity index is 1.65. The van der Waals surface area contributed by atoms with Crippen LogP contribution in [0.1, 0.15) is 16.1 Å². The summed E-state index contributed by atoms with van der Waals surface area (Å²) in [7, 11) is 2.16. The van der Waals surface area contributed by atoms with Crippen molar-refractivity contribution in [1.82, 2.24) is 9.88 Å². The van der Waals surface area contributed by atoms with E-state index in [2.05, 4.69) is 36.4 Å². The highest BCUT2D eigenvalue weighted by molar-refractivity contribution is 7.14. The summed E-state index contributed by atoms with van der Waals surface area (Å²) in [5, 5.41) is 5.84. The lowest BCUT2D eigenvalue weighted by Crippen LogP contribution is -3.12. The molecule has 0 unspecified atom stereocenters. The maximum absolute atomic E-state index is 12.4. The van der Waals surface area contributed by atoms with Crippen LogP contribution in [0.4, 0.5) is 10.8 Å². The van der Waals surface area contributed by atoms with E-state index in [1.165, 1.54) is 21.8 Å². The summed E-state index contributed by atoms with van der Waals surface area (Å²) >= 11 is 1.47. The third-order valence-electron chi connectivity index (χ3n) is 3.93. The van der Waals surface area contributed by atoms with Crippen LogP contribution in [0, 0.1) is 6.92 Å². The number of rotatable bonds is 3. The number of amides is 1. The zero-order valence-corrected chi connectivity index (χ0v) is 13.7. The first-order valence-electron chi connectivity index (χ1n) is 7.51. The highest BCUT2D eigenvalue weighted by Gasteiger charge is 2.24. The second-order valence-corrected chi connectivity index (χ2v) is 6.64. The number of quaternary nitrogens is 1. The molecule has 1 aliphatic rings. The van der Waals surface area contributed by atoms with E-state index in [0.29, 0.717) is 5.69 Å². The maximum Gasteiger partial charge on any atom is 0.273 e. The monoisotopic (exact) mass is 317 g/mol. The van der Waals surface area contributed by atoms with E-state index >= 15 is 0 Å². The first-order chi connectivity index (χ1) is 10.6. The second-order valence-electron chi connectivity index (χ2n) is 5.78. The van der Waals surface area contributed by atoms with E-state index < -0.39 is 0 Å². The largest absolute Gasteiger partial charge is 0.334 e. The van der Waals surface area contributed by atoms with Gasteiger partial charge in [-0.25, -0.2) is 4.98 Å². The number of carbonyl (C=O) groups is 1. The highest BCUT2D eigenvalue weighted by atomic mass is 32.1. The van der Waals surface area contributed by atoms with E-state index in [-0.39, 0.29) is 5.91 Å². The average molecular weight is 317 g/mol. The van der Waals surface area contributed by atoms with Gasteiger partial charge in [-0.2, -0.15) is 0 Å². The molecule has 0 spiro atoms. The molecular formula is C16H21N4OS+. The number of thiazole rings is 1. The van der Waals surface area contributed by atoms with Gasteiger partial charge in [0.25, 0.3) is 5.91 Å². The zero-order chi connectivity index (χ0) is 15.5.